The Morgan fingerprint density at radius 3 is 2.84 bits per heavy atom. The first kappa shape index (κ1) is 23.1. The molecule has 10 heteroatoms. The molecular formula is C27H27N7O3. The van der Waals surface area contributed by atoms with Gasteiger partial charge in [-0.15, -0.1) is 0 Å². The highest BCUT2D eigenvalue weighted by Crippen LogP contribution is 2.31. The van der Waals surface area contributed by atoms with Crippen LogP contribution in [0.15, 0.2) is 67.4 Å². The van der Waals surface area contributed by atoms with Crippen molar-refractivity contribution in [3.05, 3.63) is 72.9 Å². The maximum absolute atomic E-state index is 9.70. The van der Waals surface area contributed by atoms with E-state index in [-0.39, 0.29) is 6.10 Å². The fourth-order valence-corrected chi connectivity index (χ4v) is 4.50. The Kier molecular flexibility index (Phi) is 6.25. The van der Waals surface area contributed by atoms with Crippen LogP contribution in [0, 0.1) is 6.92 Å². The number of pyridine rings is 1. The van der Waals surface area contributed by atoms with Crippen molar-refractivity contribution in [2.24, 2.45) is 0 Å². The molecule has 0 spiro atoms. The Balaban J connectivity index is 1.16. The molecule has 0 unspecified atom stereocenters. The number of ether oxygens (including phenoxy) is 2. The zero-order chi connectivity index (χ0) is 25.2. The van der Waals surface area contributed by atoms with Gasteiger partial charge in [-0.2, -0.15) is 5.10 Å². The van der Waals surface area contributed by atoms with Crippen LogP contribution < -0.4 is 14.8 Å². The third-order valence-corrected chi connectivity index (χ3v) is 6.45. The van der Waals surface area contributed by atoms with Gasteiger partial charge in [0.2, 0.25) is 0 Å². The Labute approximate surface area is 213 Å². The molecule has 6 rings (SSSR count). The molecule has 188 valence electrons. The number of aromatic nitrogens is 5. The first-order chi connectivity index (χ1) is 18.1. The van der Waals surface area contributed by atoms with Crippen LogP contribution in [-0.4, -0.2) is 66.9 Å². The number of fused-ring (bicyclic) bond motifs is 2. The number of hydrogen-bond acceptors (Lipinski definition) is 9. The molecule has 5 aromatic rings. The lowest BCUT2D eigenvalue weighted by molar-refractivity contribution is 0.167. The quantitative estimate of drug-likeness (QED) is 0.329. The fourth-order valence-electron chi connectivity index (χ4n) is 4.50. The number of rotatable bonds is 8. The largest absolute Gasteiger partial charge is 0.492 e. The summed E-state index contributed by atoms with van der Waals surface area (Å²) in [5.74, 6) is 2.90. The van der Waals surface area contributed by atoms with Gasteiger partial charge in [0.1, 0.15) is 42.3 Å². The Hall–Kier alpha value is -4.28. The summed E-state index contributed by atoms with van der Waals surface area (Å²) in [4.78, 5) is 15.3. The number of benzene rings is 2. The summed E-state index contributed by atoms with van der Waals surface area (Å²) in [6.07, 6.45) is 5.48. The smallest absolute Gasteiger partial charge is 0.158 e. The number of aryl methyl sites for hydroxylation is 1. The minimum Gasteiger partial charge on any atom is -0.492 e. The Bertz CT molecular complexity index is 1550. The highest BCUT2D eigenvalue weighted by molar-refractivity contribution is 5.91. The number of hydrogen-bond donors (Lipinski definition) is 2. The Morgan fingerprint density at radius 2 is 1.97 bits per heavy atom. The number of aliphatic hydroxyl groups excluding tert-OH is 1. The zero-order valence-corrected chi connectivity index (χ0v) is 20.4. The number of anilines is 2. The van der Waals surface area contributed by atoms with E-state index in [4.69, 9.17) is 9.47 Å². The van der Waals surface area contributed by atoms with Gasteiger partial charge in [-0.1, -0.05) is 0 Å². The standard InChI is InChI=1S/C27H27N7O3/c1-18-12-19(2-5-25(18)37-22-7-9-34-26(14-22)29-17-31-34)32-27-23-13-21(3-4-24(23)28-16-30-27)36-11-10-33-8-6-20(35)15-33/h2-5,7,9,12-14,16-17,20,35H,6,8,10-11,15H2,1H3,(H,28,30,32)/t20-/m1/s1. The van der Waals surface area contributed by atoms with Gasteiger partial charge in [0.25, 0.3) is 0 Å². The molecule has 1 atom stereocenters. The van der Waals surface area contributed by atoms with Gasteiger partial charge in [-0.05, 0) is 61.4 Å². The van der Waals surface area contributed by atoms with Crippen molar-refractivity contribution in [2.45, 2.75) is 19.4 Å². The lowest BCUT2D eigenvalue weighted by Crippen LogP contribution is -2.27. The van der Waals surface area contributed by atoms with E-state index in [1.165, 1.54) is 6.33 Å². The predicted octanol–water partition coefficient (Wildman–Crippen LogP) is 3.96. The van der Waals surface area contributed by atoms with Crippen LogP contribution in [0.3, 0.4) is 0 Å². The summed E-state index contributed by atoms with van der Waals surface area (Å²) in [5.41, 5.74) is 3.41. The molecule has 1 saturated heterocycles. The van der Waals surface area contributed by atoms with E-state index in [1.54, 1.807) is 10.8 Å². The van der Waals surface area contributed by atoms with Crippen LogP contribution in [0.2, 0.25) is 0 Å². The van der Waals surface area contributed by atoms with Crippen molar-refractivity contribution in [3.63, 3.8) is 0 Å². The average Bonchev–Trinajstić information content (AvgIpc) is 3.54. The maximum Gasteiger partial charge on any atom is 0.158 e. The number of nitrogens with zero attached hydrogens (tertiary/aromatic N) is 6. The molecule has 0 amide bonds. The molecule has 0 radical (unpaired) electrons. The lowest BCUT2D eigenvalue weighted by Gasteiger charge is -2.16. The minimum atomic E-state index is -0.222. The Morgan fingerprint density at radius 1 is 1.03 bits per heavy atom. The van der Waals surface area contributed by atoms with Gasteiger partial charge in [-0.25, -0.2) is 19.5 Å². The summed E-state index contributed by atoms with van der Waals surface area (Å²) in [5, 5.41) is 18.1. The molecule has 1 fully saturated rings. The van der Waals surface area contributed by atoms with Crippen molar-refractivity contribution in [3.8, 4) is 17.2 Å². The first-order valence-corrected chi connectivity index (χ1v) is 12.2. The van der Waals surface area contributed by atoms with Crippen molar-refractivity contribution >= 4 is 28.1 Å². The third-order valence-electron chi connectivity index (χ3n) is 6.45. The molecule has 0 bridgehead atoms. The van der Waals surface area contributed by atoms with Crippen LogP contribution in [0.25, 0.3) is 16.6 Å². The van der Waals surface area contributed by atoms with Crippen LogP contribution in [0.1, 0.15) is 12.0 Å². The second-order valence-electron chi connectivity index (χ2n) is 9.13. The minimum absolute atomic E-state index is 0.222. The zero-order valence-electron chi connectivity index (χ0n) is 20.4. The summed E-state index contributed by atoms with van der Waals surface area (Å²) in [6.45, 7) is 4.96. The number of aliphatic hydroxyl groups is 1. The van der Waals surface area contributed by atoms with Crippen molar-refractivity contribution in [1.82, 2.24) is 29.5 Å². The predicted molar refractivity (Wildman–Crippen MR) is 140 cm³/mol. The highest BCUT2D eigenvalue weighted by atomic mass is 16.5. The van der Waals surface area contributed by atoms with E-state index in [2.05, 4.69) is 30.3 Å². The van der Waals surface area contributed by atoms with Gasteiger partial charge < -0.3 is 19.9 Å². The number of nitrogens with one attached hydrogen (secondary N) is 1. The molecule has 37 heavy (non-hydrogen) atoms. The van der Waals surface area contributed by atoms with Crippen LogP contribution in [0.5, 0.6) is 17.2 Å². The average molecular weight is 498 g/mol. The molecule has 10 nitrogen and oxygen atoms in total. The molecule has 2 aromatic carbocycles. The van der Waals surface area contributed by atoms with E-state index in [0.717, 1.165) is 58.8 Å². The maximum atomic E-state index is 9.70. The lowest BCUT2D eigenvalue weighted by atomic mass is 10.2. The fraction of sp³-hybridized carbons (Fsp3) is 0.259. The van der Waals surface area contributed by atoms with Crippen molar-refractivity contribution in [2.75, 3.05) is 31.6 Å². The molecule has 1 aliphatic rings. The topological polar surface area (TPSA) is 110 Å². The van der Waals surface area contributed by atoms with Crippen molar-refractivity contribution < 1.29 is 14.6 Å². The van der Waals surface area contributed by atoms with Gasteiger partial charge >= 0.3 is 0 Å². The molecule has 0 aliphatic carbocycles. The van der Waals surface area contributed by atoms with E-state index in [1.807, 2.05) is 61.7 Å². The van der Waals surface area contributed by atoms with Crippen LogP contribution in [-0.2, 0) is 0 Å². The second-order valence-corrected chi connectivity index (χ2v) is 9.13. The molecule has 1 aliphatic heterocycles. The molecular weight excluding hydrogens is 470 g/mol. The summed E-state index contributed by atoms with van der Waals surface area (Å²) < 4.78 is 13.8. The summed E-state index contributed by atoms with van der Waals surface area (Å²) >= 11 is 0. The first-order valence-electron chi connectivity index (χ1n) is 12.2. The van der Waals surface area contributed by atoms with E-state index in [0.29, 0.717) is 24.7 Å². The highest BCUT2D eigenvalue weighted by Gasteiger charge is 2.19. The van der Waals surface area contributed by atoms with Gasteiger partial charge in [0.05, 0.1) is 11.6 Å². The normalized spacial score (nSPS) is 15.9. The van der Waals surface area contributed by atoms with Crippen LogP contribution >= 0.6 is 0 Å². The monoisotopic (exact) mass is 497 g/mol. The SMILES string of the molecule is Cc1cc(Nc2ncnc3ccc(OCCN4CC[C@@H](O)C4)cc23)ccc1Oc1ccn2ncnc2c1. The number of β-amino-alcohol motifs (C(OH)–C–C–N with tert-alkyl or cyclic N) is 1. The van der Waals surface area contributed by atoms with E-state index < -0.39 is 0 Å². The van der Waals surface area contributed by atoms with Crippen molar-refractivity contribution in [1.29, 1.82) is 0 Å². The molecule has 3 aromatic heterocycles. The van der Waals surface area contributed by atoms with Crippen LogP contribution in [0.4, 0.5) is 11.5 Å². The molecule has 4 heterocycles. The van der Waals surface area contributed by atoms with Gasteiger partial charge in [0.15, 0.2) is 5.65 Å². The number of likely N-dealkylation sites (tertiary alicyclic amines) is 1. The van der Waals surface area contributed by atoms with Gasteiger partial charge in [0, 0.05) is 43.0 Å². The molecule has 2 N–H and O–H groups in total. The molecule has 0 saturated carbocycles. The summed E-state index contributed by atoms with van der Waals surface area (Å²) in [7, 11) is 0. The van der Waals surface area contributed by atoms with Gasteiger partial charge in [-0.3, -0.25) is 4.90 Å². The van der Waals surface area contributed by atoms with E-state index >= 15 is 0 Å². The summed E-state index contributed by atoms with van der Waals surface area (Å²) in [6, 6.07) is 15.4. The van der Waals surface area contributed by atoms with E-state index in [9.17, 15) is 5.11 Å². The second kappa shape index (κ2) is 10.00. The third kappa shape index (κ3) is 5.16.